The standard InChI is InChI=1S/C11H15BrN2O2S/c12-9-3-1-5-11(7-9)17(15,16)14-10-4-2-6-13-8-10/h1,3,5,7,10,13-14H,2,4,6,8H2/t10-/m1/s1. The monoisotopic (exact) mass is 318 g/mol. The Balaban J connectivity index is 2.13. The molecular formula is C11H15BrN2O2S. The Labute approximate surface area is 110 Å². The lowest BCUT2D eigenvalue weighted by Crippen LogP contribution is -2.45. The minimum absolute atomic E-state index is 0.00673. The number of nitrogens with one attached hydrogen (secondary N) is 2. The minimum atomic E-state index is -3.40. The van der Waals surface area contributed by atoms with Crippen LogP contribution < -0.4 is 10.0 Å². The molecule has 1 aromatic carbocycles. The Hall–Kier alpha value is -0.430. The van der Waals surface area contributed by atoms with E-state index in [0.717, 1.165) is 23.9 Å². The van der Waals surface area contributed by atoms with E-state index >= 15 is 0 Å². The van der Waals surface area contributed by atoms with E-state index in [4.69, 9.17) is 0 Å². The highest BCUT2D eigenvalue weighted by molar-refractivity contribution is 9.10. The van der Waals surface area contributed by atoms with Crippen molar-refractivity contribution in [3.05, 3.63) is 28.7 Å². The first-order valence-corrected chi connectivity index (χ1v) is 7.84. The van der Waals surface area contributed by atoms with Crippen LogP contribution >= 0.6 is 15.9 Å². The molecule has 0 saturated carbocycles. The molecule has 4 nitrogen and oxygen atoms in total. The SMILES string of the molecule is O=S(=O)(N[C@@H]1CCCNC1)c1cccc(Br)c1. The van der Waals surface area contributed by atoms with E-state index in [1.807, 2.05) is 0 Å². The molecule has 0 aliphatic carbocycles. The molecule has 0 bridgehead atoms. The van der Waals surface area contributed by atoms with Crippen molar-refractivity contribution in [1.82, 2.24) is 10.0 Å². The van der Waals surface area contributed by atoms with Gasteiger partial charge >= 0.3 is 0 Å². The molecule has 2 N–H and O–H groups in total. The largest absolute Gasteiger partial charge is 0.315 e. The molecule has 1 saturated heterocycles. The first-order chi connectivity index (χ1) is 8.08. The highest BCUT2D eigenvalue weighted by atomic mass is 79.9. The molecule has 2 rings (SSSR count). The molecule has 6 heteroatoms. The summed E-state index contributed by atoms with van der Waals surface area (Å²) in [5.74, 6) is 0. The van der Waals surface area contributed by atoms with E-state index in [9.17, 15) is 8.42 Å². The van der Waals surface area contributed by atoms with Gasteiger partial charge in [-0.2, -0.15) is 0 Å². The van der Waals surface area contributed by atoms with Crippen LogP contribution in [0.4, 0.5) is 0 Å². The van der Waals surface area contributed by atoms with E-state index in [1.54, 1.807) is 24.3 Å². The molecule has 1 aromatic rings. The topological polar surface area (TPSA) is 58.2 Å². The lowest BCUT2D eigenvalue weighted by Gasteiger charge is -2.23. The summed E-state index contributed by atoms with van der Waals surface area (Å²) in [6, 6.07) is 6.73. The van der Waals surface area contributed by atoms with Crippen molar-refractivity contribution in [2.45, 2.75) is 23.8 Å². The van der Waals surface area contributed by atoms with Crippen LogP contribution in [0.2, 0.25) is 0 Å². The van der Waals surface area contributed by atoms with Gasteiger partial charge in [0.05, 0.1) is 4.90 Å². The third-order valence-electron chi connectivity index (χ3n) is 2.73. The van der Waals surface area contributed by atoms with Crippen molar-refractivity contribution < 1.29 is 8.42 Å². The second-order valence-corrected chi connectivity index (χ2v) is 6.75. The summed E-state index contributed by atoms with van der Waals surface area (Å²) in [5, 5.41) is 3.18. The summed E-state index contributed by atoms with van der Waals surface area (Å²) in [6.07, 6.45) is 1.89. The number of hydrogen-bond acceptors (Lipinski definition) is 3. The van der Waals surface area contributed by atoms with E-state index < -0.39 is 10.0 Å². The fourth-order valence-corrected chi connectivity index (χ4v) is 3.74. The highest BCUT2D eigenvalue weighted by Gasteiger charge is 2.21. The van der Waals surface area contributed by atoms with E-state index in [0.29, 0.717) is 11.4 Å². The zero-order valence-electron chi connectivity index (χ0n) is 9.32. The Kier molecular flexibility index (Phi) is 4.19. The van der Waals surface area contributed by atoms with Gasteiger partial charge < -0.3 is 5.32 Å². The number of rotatable bonds is 3. The Bertz CT molecular complexity index is 484. The van der Waals surface area contributed by atoms with Crippen molar-refractivity contribution in [2.24, 2.45) is 0 Å². The van der Waals surface area contributed by atoms with Crippen molar-refractivity contribution in [3.8, 4) is 0 Å². The molecule has 1 heterocycles. The number of sulfonamides is 1. The van der Waals surface area contributed by atoms with Gasteiger partial charge in [-0.05, 0) is 37.6 Å². The first-order valence-electron chi connectivity index (χ1n) is 5.56. The van der Waals surface area contributed by atoms with Crippen molar-refractivity contribution in [1.29, 1.82) is 0 Å². The zero-order chi connectivity index (χ0) is 12.3. The Morgan fingerprint density at radius 2 is 2.24 bits per heavy atom. The molecule has 1 aliphatic heterocycles. The average Bonchev–Trinajstić information content (AvgIpc) is 2.30. The maximum atomic E-state index is 12.1. The number of piperidine rings is 1. The van der Waals surface area contributed by atoms with Crippen LogP contribution in [-0.4, -0.2) is 27.5 Å². The van der Waals surface area contributed by atoms with Gasteiger partial charge in [-0.25, -0.2) is 13.1 Å². The number of benzene rings is 1. The van der Waals surface area contributed by atoms with Crippen LogP contribution in [0.5, 0.6) is 0 Å². The summed E-state index contributed by atoms with van der Waals surface area (Å²) in [7, 11) is -3.40. The fraction of sp³-hybridized carbons (Fsp3) is 0.455. The van der Waals surface area contributed by atoms with Gasteiger partial charge in [0.25, 0.3) is 0 Å². The molecule has 94 valence electrons. The summed E-state index contributed by atoms with van der Waals surface area (Å²) in [6.45, 7) is 1.67. The van der Waals surface area contributed by atoms with Crippen LogP contribution in [-0.2, 0) is 10.0 Å². The molecule has 0 spiro atoms. The van der Waals surface area contributed by atoms with Crippen LogP contribution in [0, 0.1) is 0 Å². The molecule has 0 amide bonds. The molecule has 0 aromatic heterocycles. The van der Waals surface area contributed by atoms with Crippen LogP contribution in [0.15, 0.2) is 33.6 Å². The van der Waals surface area contributed by atoms with Gasteiger partial charge in [0, 0.05) is 17.1 Å². The molecule has 17 heavy (non-hydrogen) atoms. The van der Waals surface area contributed by atoms with Crippen LogP contribution in [0.1, 0.15) is 12.8 Å². The fourth-order valence-electron chi connectivity index (χ4n) is 1.87. The number of halogens is 1. The van der Waals surface area contributed by atoms with E-state index in [-0.39, 0.29) is 6.04 Å². The van der Waals surface area contributed by atoms with Crippen LogP contribution in [0.25, 0.3) is 0 Å². The zero-order valence-corrected chi connectivity index (χ0v) is 11.7. The molecule has 1 fully saturated rings. The Morgan fingerprint density at radius 3 is 2.88 bits per heavy atom. The second-order valence-electron chi connectivity index (χ2n) is 4.12. The third kappa shape index (κ3) is 3.51. The normalized spacial score (nSPS) is 21.4. The first kappa shape index (κ1) is 13.0. The molecule has 1 aliphatic rings. The van der Waals surface area contributed by atoms with Crippen molar-refractivity contribution >= 4 is 26.0 Å². The smallest absolute Gasteiger partial charge is 0.240 e. The second kappa shape index (κ2) is 5.48. The molecule has 1 atom stereocenters. The van der Waals surface area contributed by atoms with Gasteiger partial charge in [-0.3, -0.25) is 0 Å². The summed E-state index contributed by atoms with van der Waals surface area (Å²) < 4.78 is 27.7. The summed E-state index contributed by atoms with van der Waals surface area (Å²) >= 11 is 3.28. The Morgan fingerprint density at radius 1 is 1.41 bits per heavy atom. The van der Waals surface area contributed by atoms with Gasteiger partial charge in [0.2, 0.25) is 10.0 Å². The van der Waals surface area contributed by atoms with Gasteiger partial charge in [-0.1, -0.05) is 22.0 Å². The highest BCUT2D eigenvalue weighted by Crippen LogP contribution is 2.16. The maximum Gasteiger partial charge on any atom is 0.240 e. The lowest BCUT2D eigenvalue weighted by atomic mass is 10.1. The molecule has 0 radical (unpaired) electrons. The predicted molar refractivity (Wildman–Crippen MR) is 70.4 cm³/mol. The quantitative estimate of drug-likeness (QED) is 0.887. The van der Waals surface area contributed by atoms with E-state index in [1.165, 1.54) is 0 Å². The predicted octanol–water partition coefficient (Wildman–Crippen LogP) is 1.48. The molecule has 0 unspecified atom stereocenters. The lowest BCUT2D eigenvalue weighted by molar-refractivity contribution is 0.428. The summed E-state index contributed by atoms with van der Waals surface area (Å²) in [4.78, 5) is 0.303. The average molecular weight is 319 g/mol. The maximum absolute atomic E-state index is 12.1. The third-order valence-corrected chi connectivity index (χ3v) is 4.74. The van der Waals surface area contributed by atoms with Gasteiger partial charge in [0.15, 0.2) is 0 Å². The van der Waals surface area contributed by atoms with Gasteiger partial charge in [-0.15, -0.1) is 0 Å². The van der Waals surface area contributed by atoms with Gasteiger partial charge in [0.1, 0.15) is 0 Å². The van der Waals surface area contributed by atoms with E-state index in [2.05, 4.69) is 26.0 Å². The van der Waals surface area contributed by atoms with Crippen LogP contribution in [0.3, 0.4) is 0 Å². The molecular weight excluding hydrogens is 304 g/mol. The minimum Gasteiger partial charge on any atom is -0.315 e. The van der Waals surface area contributed by atoms with Crippen molar-refractivity contribution in [3.63, 3.8) is 0 Å². The van der Waals surface area contributed by atoms with Crippen molar-refractivity contribution in [2.75, 3.05) is 13.1 Å². The summed E-state index contributed by atoms with van der Waals surface area (Å²) in [5.41, 5.74) is 0. The number of hydrogen-bond donors (Lipinski definition) is 2.